The molecule has 0 saturated carbocycles. The zero-order chi connectivity index (χ0) is 24.5. The number of hydrogen-bond acceptors (Lipinski definition) is 7. The standard InChI is InChI=1S/C23H23F2N7O2/c1-14(15-4-3-5-16(10-15)23(24,25)6-7-26)29-21-18-11-17(32-9-8-27-13-19(32)33)12-28-20(18)22(34)31(2)30-21/h3-5,10-12,14,27H,6,8-9,13H2,1-2H3,(H,29,30)/t14-/m1/s1. The molecule has 3 heterocycles. The molecule has 1 amide bonds. The van der Waals surface area contributed by atoms with Crippen molar-refractivity contribution < 1.29 is 13.6 Å². The summed E-state index contributed by atoms with van der Waals surface area (Å²) in [7, 11) is 1.50. The van der Waals surface area contributed by atoms with Gasteiger partial charge in [-0.05, 0) is 24.6 Å². The van der Waals surface area contributed by atoms with E-state index in [4.69, 9.17) is 5.26 Å². The number of nitrogens with zero attached hydrogens (tertiary/aromatic N) is 5. The van der Waals surface area contributed by atoms with Crippen LogP contribution in [0.25, 0.3) is 10.9 Å². The Balaban J connectivity index is 1.72. The van der Waals surface area contributed by atoms with Crippen molar-refractivity contribution in [1.29, 1.82) is 5.26 Å². The van der Waals surface area contributed by atoms with Gasteiger partial charge in [0, 0.05) is 25.7 Å². The average Bonchev–Trinajstić information content (AvgIpc) is 2.82. The molecule has 1 aromatic carbocycles. The van der Waals surface area contributed by atoms with Gasteiger partial charge >= 0.3 is 0 Å². The van der Waals surface area contributed by atoms with Gasteiger partial charge < -0.3 is 15.5 Å². The number of aromatic nitrogens is 3. The minimum absolute atomic E-state index is 0.109. The summed E-state index contributed by atoms with van der Waals surface area (Å²) in [5.74, 6) is -3.04. The number of nitriles is 1. The highest BCUT2D eigenvalue weighted by molar-refractivity contribution is 5.98. The van der Waals surface area contributed by atoms with E-state index in [0.717, 1.165) is 4.68 Å². The van der Waals surface area contributed by atoms with Crippen molar-refractivity contribution in [1.82, 2.24) is 20.1 Å². The first-order valence-corrected chi connectivity index (χ1v) is 10.7. The molecule has 1 atom stereocenters. The highest BCUT2D eigenvalue weighted by Crippen LogP contribution is 2.33. The minimum Gasteiger partial charge on any atom is -0.362 e. The van der Waals surface area contributed by atoms with Gasteiger partial charge in [0.1, 0.15) is 11.9 Å². The normalized spacial score (nSPS) is 15.3. The molecule has 1 saturated heterocycles. The topological polar surface area (TPSA) is 116 Å². The first kappa shape index (κ1) is 23.3. The minimum atomic E-state index is -3.26. The zero-order valence-corrected chi connectivity index (χ0v) is 18.7. The molecule has 9 nitrogen and oxygen atoms in total. The lowest BCUT2D eigenvalue weighted by Gasteiger charge is -2.27. The summed E-state index contributed by atoms with van der Waals surface area (Å²) in [6.07, 6.45) is 0.575. The van der Waals surface area contributed by atoms with E-state index in [1.165, 1.54) is 37.5 Å². The van der Waals surface area contributed by atoms with Crippen LogP contribution in [0.5, 0.6) is 0 Å². The molecule has 4 rings (SSSR count). The Bertz CT molecular complexity index is 1350. The van der Waals surface area contributed by atoms with E-state index in [1.54, 1.807) is 24.0 Å². The number of pyridine rings is 1. The lowest BCUT2D eigenvalue weighted by molar-refractivity contribution is -0.118. The third-order valence-electron chi connectivity index (χ3n) is 5.74. The lowest BCUT2D eigenvalue weighted by Crippen LogP contribution is -2.48. The van der Waals surface area contributed by atoms with Crippen molar-refractivity contribution in [2.24, 2.45) is 7.05 Å². The molecule has 2 aromatic heterocycles. The summed E-state index contributed by atoms with van der Waals surface area (Å²) in [5.41, 5.74) is 0.625. The van der Waals surface area contributed by atoms with Crippen LogP contribution in [-0.4, -0.2) is 40.3 Å². The van der Waals surface area contributed by atoms with Gasteiger partial charge in [0.2, 0.25) is 5.91 Å². The van der Waals surface area contributed by atoms with Crippen molar-refractivity contribution >= 4 is 28.3 Å². The molecule has 0 aliphatic carbocycles. The lowest BCUT2D eigenvalue weighted by atomic mass is 10.00. The number of amides is 1. The van der Waals surface area contributed by atoms with Crippen LogP contribution in [0, 0.1) is 11.3 Å². The molecule has 11 heteroatoms. The number of anilines is 2. The largest absolute Gasteiger partial charge is 0.362 e. The maximum absolute atomic E-state index is 14.2. The number of aryl methyl sites for hydroxylation is 1. The second-order valence-electron chi connectivity index (χ2n) is 8.12. The number of rotatable bonds is 6. The quantitative estimate of drug-likeness (QED) is 0.572. The SMILES string of the molecule is C[C@@H](Nc1nn(C)c(=O)c2ncc(N3CCNCC3=O)cc12)c1cccc(C(F)(F)CC#N)c1. The fourth-order valence-electron chi connectivity index (χ4n) is 3.87. The van der Waals surface area contributed by atoms with Crippen LogP contribution < -0.4 is 21.1 Å². The summed E-state index contributed by atoms with van der Waals surface area (Å²) in [5, 5.41) is 19.6. The van der Waals surface area contributed by atoms with Gasteiger partial charge in [-0.1, -0.05) is 18.2 Å². The highest BCUT2D eigenvalue weighted by atomic mass is 19.3. The van der Waals surface area contributed by atoms with Crippen LogP contribution in [0.2, 0.25) is 0 Å². The van der Waals surface area contributed by atoms with E-state index in [-0.39, 0.29) is 23.5 Å². The Morgan fingerprint density at radius 3 is 2.85 bits per heavy atom. The monoisotopic (exact) mass is 467 g/mol. The summed E-state index contributed by atoms with van der Waals surface area (Å²) in [6, 6.07) is 8.58. The number of piperazine rings is 1. The summed E-state index contributed by atoms with van der Waals surface area (Å²) >= 11 is 0. The number of fused-ring (bicyclic) bond motifs is 1. The predicted octanol–water partition coefficient (Wildman–Crippen LogP) is 2.44. The smallest absolute Gasteiger partial charge is 0.293 e. The molecule has 1 aliphatic rings. The number of nitrogens with one attached hydrogen (secondary N) is 2. The van der Waals surface area contributed by atoms with E-state index >= 15 is 0 Å². The molecule has 0 unspecified atom stereocenters. The average molecular weight is 467 g/mol. The number of carbonyl (C=O) groups is 1. The zero-order valence-electron chi connectivity index (χ0n) is 18.7. The van der Waals surface area contributed by atoms with Gasteiger partial charge in [0.05, 0.1) is 35.9 Å². The number of benzene rings is 1. The molecule has 1 aliphatic heterocycles. The summed E-state index contributed by atoms with van der Waals surface area (Å²) in [6.45, 7) is 3.08. The predicted molar refractivity (Wildman–Crippen MR) is 123 cm³/mol. The Labute approximate surface area is 194 Å². The Morgan fingerprint density at radius 1 is 1.32 bits per heavy atom. The van der Waals surface area contributed by atoms with Crippen LogP contribution in [0.4, 0.5) is 20.3 Å². The van der Waals surface area contributed by atoms with E-state index in [1.807, 2.05) is 0 Å². The van der Waals surface area contributed by atoms with Gasteiger partial charge in [-0.3, -0.25) is 9.59 Å². The summed E-state index contributed by atoms with van der Waals surface area (Å²) in [4.78, 5) is 30.8. The van der Waals surface area contributed by atoms with E-state index in [9.17, 15) is 18.4 Å². The number of hydrogen-bond donors (Lipinski definition) is 2. The molecular weight excluding hydrogens is 444 g/mol. The molecule has 1 fully saturated rings. The second kappa shape index (κ2) is 9.15. The van der Waals surface area contributed by atoms with Crippen molar-refractivity contribution in [3.8, 4) is 6.07 Å². The first-order valence-electron chi connectivity index (χ1n) is 10.7. The molecule has 0 radical (unpaired) electrons. The van der Waals surface area contributed by atoms with Gasteiger partial charge in [-0.2, -0.15) is 10.4 Å². The van der Waals surface area contributed by atoms with Crippen molar-refractivity contribution in [2.45, 2.75) is 25.3 Å². The number of alkyl halides is 2. The van der Waals surface area contributed by atoms with Crippen LogP contribution in [-0.2, 0) is 17.8 Å². The fraction of sp³-hybridized carbons (Fsp3) is 0.348. The highest BCUT2D eigenvalue weighted by Gasteiger charge is 2.31. The van der Waals surface area contributed by atoms with Crippen LogP contribution >= 0.6 is 0 Å². The van der Waals surface area contributed by atoms with E-state index in [0.29, 0.717) is 35.5 Å². The van der Waals surface area contributed by atoms with Crippen LogP contribution in [0.3, 0.4) is 0 Å². The first-order chi connectivity index (χ1) is 16.2. The second-order valence-corrected chi connectivity index (χ2v) is 8.12. The third kappa shape index (κ3) is 4.45. The molecule has 176 valence electrons. The Kier molecular flexibility index (Phi) is 6.26. The Morgan fingerprint density at radius 2 is 2.12 bits per heavy atom. The molecule has 0 bridgehead atoms. The molecule has 0 spiro atoms. The number of carbonyl (C=O) groups excluding carboxylic acids is 1. The maximum atomic E-state index is 14.2. The van der Waals surface area contributed by atoms with Crippen molar-refractivity contribution in [2.75, 3.05) is 29.9 Å². The van der Waals surface area contributed by atoms with Gasteiger partial charge in [-0.25, -0.2) is 18.4 Å². The molecule has 2 N–H and O–H groups in total. The summed E-state index contributed by atoms with van der Waals surface area (Å²) < 4.78 is 29.6. The molecular formula is C23H23F2N7O2. The van der Waals surface area contributed by atoms with Gasteiger partial charge in [-0.15, -0.1) is 0 Å². The van der Waals surface area contributed by atoms with Crippen molar-refractivity contribution in [3.05, 3.63) is 58.0 Å². The third-order valence-corrected chi connectivity index (χ3v) is 5.74. The van der Waals surface area contributed by atoms with Gasteiger partial charge in [0.25, 0.3) is 11.5 Å². The maximum Gasteiger partial charge on any atom is 0.293 e. The molecule has 34 heavy (non-hydrogen) atoms. The van der Waals surface area contributed by atoms with E-state index in [2.05, 4.69) is 20.7 Å². The van der Waals surface area contributed by atoms with Gasteiger partial charge in [0.15, 0.2) is 5.82 Å². The number of halogens is 2. The van der Waals surface area contributed by atoms with E-state index < -0.39 is 23.9 Å². The fourth-order valence-corrected chi connectivity index (χ4v) is 3.87. The molecule has 3 aromatic rings. The Hall–Kier alpha value is -3.91. The van der Waals surface area contributed by atoms with Crippen LogP contribution in [0.1, 0.15) is 30.5 Å². The van der Waals surface area contributed by atoms with Crippen molar-refractivity contribution in [3.63, 3.8) is 0 Å². The van der Waals surface area contributed by atoms with Crippen LogP contribution in [0.15, 0.2) is 41.3 Å².